The highest BCUT2D eigenvalue weighted by Crippen LogP contribution is 2.25. The van der Waals surface area contributed by atoms with Gasteiger partial charge in [-0.15, -0.1) is 0 Å². The van der Waals surface area contributed by atoms with Crippen molar-refractivity contribution in [3.63, 3.8) is 0 Å². The van der Waals surface area contributed by atoms with E-state index in [1.807, 2.05) is 78.9 Å². The highest BCUT2D eigenvalue weighted by molar-refractivity contribution is 5.98. The summed E-state index contributed by atoms with van der Waals surface area (Å²) in [6.07, 6.45) is 0. The Labute approximate surface area is 193 Å². The Hall–Kier alpha value is -3.90. The minimum Gasteiger partial charge on any atom is -0.335 e. The minimum atomic E-state index is -0.312. The summed E-state index contributed by atoms with van der Waals surface area (Å²) in [6, 6.07) is 29.2. The molecule has 0 bridgehead atoms. The zero-order chi connectivity index (χ0) is 23.0. The molecule has 1 saturated heterocycles. The van der Waals surface area contributed by atoms with Crippen LogP contribution in [0.4, 0.5) is 0 Å². The number of aryl methyl sites for hydroxylation is 1. The summed E-state index contributed by atoms with van der Waals surface area (Å²) >= 11 is 0. The van der Waals surface area contributed by atoms with Gasteiger partial charge in [-0.2, -0.15) is 0 Å². The predicted molar refractivity (Wildman–Crippen MR) is 132 cm³/mol. The third kappa shape index (κ3) is 5.30. The molecule has 6 heteroatoms. The quantitative estimate of drug-likeness (QED) is 0.508. The lowest BCUT2D eigenvalue weighted by Crippen LogP contribution is -2.46. The topological polar surface area (TPSA) is 70.1 Å². The number of carbonyl (C=O) groups is 1. The van der Waals surface area contributed by atoms with Crippen LogP contribution in [0.2, 0.25) is 0 Å². The molecular weight excluding hydrogens is 412 g/mol. The molecule has 3 aromatic carbocycles. The molecule has 0 unspecified atom stereocenters. The molecule has 0 aliphatic carbocycles. The first-order valence-electron chi connectivity index (χ1n) is 11.1. The van der Waals surface area contributed by atoms with E-state index in [-0.39, 0.29) is 11.6 Å². The van der Waals surface area contributed by atoms with Crippen LogP contribution in [-0.2, 0) is 0 Å². The van der Waals surface area contributed by atoms with Gasteiger partial charge in [-0.25, -0.2) is 4.79 Å². The first-order chi connectivity index (χ1) is 16.1. The highest BCUT2D eigenvalue weighted by Gasteiger charge is 2.26. The van der Waals surface area contributed by atoms with E-state index in [4.69, 9.17) is 0 Å². The maximum Gasteiger partial charge on any atom is 0.331 e. The Morgan fingerprint density at radius 3 is 1.88 bits per heavy atom. The molecule has 1 aliphatic rings. The SMILES string of the molecule is Cc1ccccc1.O=C(c1[nH]c(=O)n(-c2ccccc2)c1-c1ccccc1)N1CCNCC1. The number of aromatic amines is 1. The fourth-order valence-electron chi connectivity index (χ4n) is 3.84. The number of piperazine rings is 1. The number of amides is 1. The van der Waals surface area contributed by atoms with Crippen molar-refractivity contribution < 1.29 is 4.79 Å². The first-order valence-corrected chi connectivity index (χ1v) is 11.1. The molecule has 0 atom stereocenters. The third-order valence-corrected chi connectivity index (χ3v) is 5.52. The fourth-order valence-corrected chi connectivity index (χ4v) is 3.84. The number of hydrogen-bond donors (Lipinski definition) is 2. The summed E-state index contributed by atoms with van der Waals surface area (Å²) < 4.78 is 1.57. The van der Waals surface area contributed by atoms with E-state index in [0.29, 0.717) is 24.5 Å². The van der Waals surface area contributed by atoms with E-state index in [9.17, 15) is 9.59 Å². The lowest BCUT2D eigenvalue weighted by molar-refractivity contribution is 0.0731. The van der Waals surface area contributed by atoms with Gasteiger partial charge in [0.05, 0.1) is 11.4 Å². The molecule has 33 heavy (non-hydrogen) atoms. The van der Waals surface area contributed by atoms with Gasteiger partial charge in [0.25, 0.3) is 5.91 Å². The molecule has 1 aromatic heterocycles. The van der Waals surface area contributed by atoms with Crippen LogP contribution in [0, 0.1) is 6.92 Å². The molecule has 1 fully saturated rings. The van der Waals surface area contributed by atoms with E-state index < -0.39 is 0 Å². The van der Waals surface area contributed by atoms with Gasteiger partial charge in [-0.05, 0) is 19.1 Å². The second-order valence-corrected chi connectivity index (χ2v) is 7.89. The standard InChI is InChI=1S/C20H20N4O2.C7H8/c25-19(23-13-11-21-12-14-23)17-18(15-7-3-1-4-8-15)24(20(26)22-17)16-9-5-2-6-10-16;1-7-5-3-2-4-6-7/h1-10,21H,11-14H2,(H,22,26);2-6H,1H3. The van der Waals surface area contributed by atoms with Crippen LogP contribution in [0.5, 0.6) is 0 Å². The van der Waals surface area contributed by atoms with Crippen molar-refractivity contribution in [2.24, 2.45) is 0 Å². The van der Waals surface area contributed by atoms with Gasteiger partial charge in [-0.1, -0.05) is 84.4 Å². The molecule has 0 spiro atoms. The molecule has 2 N–H and O–H groups in total. The number of H-pyrrole nitrogens is 1. The van der Waals surface area contributed by atoms with Gasteiger partial charge >= 0.3 is 5.69 Å². The van der Waals surface area contributed by atoms with Crippen molar-refractivity contribution >= 4 is 5.91 Å². The monoisotopic (exact) mass is 440 g/mol. The Balaban J connectivity index is 0.000000318. The average molecular weight is 441 g/mol. The van der Waals surface area contributed by atoms with Gasteiger partial charge in [0.1, 0.15) is 5.69 Å². The van der Waals surface area contributed by atoms with Crippen LogP contribution >= 0.6 is 0 Å². The number of imidazole rings is 1. The van der Waals surface area contributed by atoms with E-state index >= 15 is 0 Å². The number of nitrogens with one attached hydrogen (secondary N) is 2. The van der Waals surface area contributed by atoms with Gasteiger partial charge < -0.3 is 15.2 Å². The Morgan fingerprint density at radius 2 is 1.33 bits per heavy atom. The van der Waals surface area contributed by atoms with Crippen molar-refractivity contribution in [1.29, 1.82) is 0 Å². The van der Waals surface area contributed by atoms with Crippen molar-refractivity contribution in [2.75, 3.05) is 26.2 Å². The van der Waals surface area contributed by atoms with Gasteiger partial charge in [0, 0.05) is 31.7 Å². The predicted octanol–water partition coefficient (Wildman–Crippen LogP) is 3.87. The average Bonchev–Trinajstić information content (AvgIpc) is 3.23. The molecular formula is C27H28N4O2. The summed E-state index contributed by atoms with van der Waals surface area (Å²) in [7, 11) is 0. The zero-order valence-electron chi connectivity index (χ0n) is 18.7. The number of carbonyl (C=O) groups excluding carboxylic acids is 1. The van der Waals surface area contributed by atoms with E-state index in [1.165, 1.54) is 5.56 Å². The van der Waals surface area contributed by atoms with Crippen molar-refractivity contribution in [3.05, 3.63) is 113 Å². The van der Waals surface area contributed by atoms with Crippen LogP contribution in [-0.4, -0.2) is 46.5 Å². The Bertz CT molecular complexity index is 1230. The molecule has 6 nitrogen and oxygen atoms in total. The fraction of sp³-hybridized carbons (Fsp3) is 0.185. The van der Waals surface area contributed by atoms with E-state index in [1.54, 1.807) is 9.47 Å². The second-order valence-electron chi connectivity index (χ2n) is 7.89. The van der Waals surface area contributed by atoms with Crippen LogP contribution in [0.15, 0.2) is 95.8 Å². The van der Waals surface area contributed by atoms with Crippen molar-refractivity contribution in [3.8, 4) is 16.9 Å². The van der Waals surface area contributed by atoms with Crippen molar-refractivity contribution in [1.82, 2.24) is 19.8 Å². The number of rotatable bonds is 3. The molecule has 5 rings (SSSR count). The number of nitrogens with zero attached hydrogens (tertiary/aromatic N) is 2. The zero-order valence-corrected chi connectivity index (χ0v) is 18.7. The highest BCUT2D eigenvalue weighted by atomic mass is 16.2. The lowest BCUT2D eigenvalue weighted by atomic mass is 10.1. The number of benzene rings is 3. The smallest absolute Gasteiger partial charge is 0.331 e. The van der Waals surface area contributed by atoms with Crippen LogP contribution in [0.3, 0.4) is 0 Å². The minimum absolute atomic E-state index is 0.142. The lowest BCUT2D eigenvalue weighted by Gasteiger charge is -2.27. The summed E-state index contributed by atoms with van der Waals surface area (Å²) in [6.45, 7) is 4.86. The van der Waals surface area contributed by atoms with Crippen LogP contribution in [0.25, 0.3) is 16.9 Å². The van der Waals surface area contributed by atoms with E-state index in [0.717, 1.165) is 24.3 Å². The summed E-state index contributed by atoms with van der Waals surface area (Å²) in [5.74, 6) is -0.142. The molecule has 1 aliphatic heterocycles. The molecule has 0 saturated carbocycles. The normalized spacial score (nSPS) is 13.2. The number of hydrogen-bond acceptors (Lipinski definition) is 3. The molecule has 0 radical (unpaired) electrons. The molecule has 4 aromatic rings. The second kappa shape index (κ2) is 10.6. The summed E-state index contributed by atoms with van der Waals surface area (Å²) in [5.41, 5.74) is 3.51. The summed E-state index contributed by atoms with van der Waals surface area (Å²) in [4.78, 5) is 30.4. The van der Waals surface area contributed by atoms with Gasteiger partial charge in [0.15, 0.2) is 0 Å². The number of para-hydroxylation sites is 1. The Kier molecular flexibility index (Phi) is 7.17. The maximum absolute atomic E-state index is 13.1. The molecule has 2 heterocycles. The largest absolute Gasteiger partial charge is 0.335 e. The molecule has 168 valence electrons. The Morgan fingerprint density at radius 1 is 0.788 bits per heavy atom. The third-order valence-electron chi connectivity index (χ3n) is 5.52. The first kappa shape index (κ1) is 22.3. The van der Waals surface area contributed by atoms with Crippen molar-refractivity contribution in [2.45, 2.75) is 6.92 Å². The van der Waals surface area contributed by atoms with Gasteiger partial charge in [-0.3, -0.25) is 9.36 Å². The summed E-state index contributed by atoms with van der Waals surface area (Å²) in [5, 5.41) is 3.24. The van der Waals surface area contributed by atoms with Crippen LogP contribution in [0.1, 0.15) is 16.1 Å². The van der Waals surface area contributed by atoms with E-state index in [2.05, 4.69) is 29.4 Å². The maximum atomic E-state index is 13.1. The number of aromatic nitrogens is 2. The van der Waals surface area contributed by atoms with Gasteiger partial charge in [0.2, 0.25) is 0 Å². The van der Waals surface area contributed by atoms with Crippen LogP contribution < -0.4 is 11.0 Å². The molecule has 1 amide bonds.